The number of ether oxygens (including phenoxy) is 6. The van der Waals surface area contributed by atoms with E-state index in [1.54, 1.807) is 0 Å². The Labute approximate surface area is 670 Å². The fraction of sp³-hybridized carbons (Fsp3) is 0.945. The Hall–Kier alpha value is -1.73. The molecule has 0 aromatic rings. The van der Waals surface area contributed by atoms with E-state index in [1.165, 1.54) is 334 Å². The first kappa shape index (κ1) is 102. The topological polar surface area (TPSA) is 307 Å². The van der Waals surface area contributed by atoms with E-state index in [-0.39, 0.29) is 18.9 Å². The minimum Gasteiger partial charge on any atom is -0.394 e. The van der Waals surface area contributed by atoms with Crippen molar-refractivity contribution in [3.8, 4) is 0 Å². The van der Waals surface area contributed by atoms with Gasteiger partial charge in [-0.3, -0.25) is 4.79 Å². The van der Waals surface area contributed by atoms with Crippen molar-refractivity contribution in [2.75, 3.05) is 26.4 Å². The maximum Gasteiger partial charge on any atom is 0.220 e. The molecule has 0 aromatic heterocycles. The average Bonchev–Trinajstić information content (AvgIpc) is 0.780. The zero-order valence-electron chi connectivity index (χ0n) is 70.3. The van der Waals surface area contributed by atoms with Gasteiger partial charge in [0.25, 0.3) is 0 Å². The molecule has 3 fully saturated rings. The zero-order chi connectivity index (χ0) is 79.5. The molecule has 19 heteroatoms. The molecule has 650 valence electrons. The molecular formula is C91H173NO18. The highest BCUT2D eigenvalue weighted by Gasteiger charge is 2.54. The number of hydrogen-bond acceptors (Lipinski definition) is 18. The van der Waals surface area contributed by atoms with Crippen molar-refractivity contribution in [1.82, 2.24) is 5.32 Å². The SMILES string of the molecule is CCCCCCC/C=C\C/C=C\CCCCCCCCCCCCCCCCCCCCCCCCCCCCCC(=O)NC(COC1OC(CO)C(OC2OC(CO)C(OC3OC(CO)C(O)C(O)C3O)C(O)C2O)C(O)C1O)C(O)CCCCCCCCCCCCCCCCCCCCCCCCCCCC. The highest BCUT2D eigenvalue weighted by atomic mass is 16.8. The number of nitrogens with one attached hydrogen (secondary N) is 1. The number of aliphatic hydroxyl groups is 11. The molecule has 3 aliphatic rings. The van der Waals surface area contributed by atoms with Crippen LogP contribution in [-0.4, -0.2) is 193 Å². The molecule has 19 nitrogen and oxygen atoms in total. The van der Waals surface area contributed by atoms with Gasteiger partial charge in [-0.05, 0) is 44.9 Å². The van der Waals surface area contributed by atoms with E-state index >= 15 is 0 Å². The Morgan fingerprint density at radius 3 is 0.927 bits per heavy atom. The summed E-state index contributed by atoms with van der Waals surface area (Å²) in [4.78, 5) is 13.6. The number of carbonyl (C=O) groups excluding carboxylic acids is 1. The van der Waals surface area contributed by atoms with Gasteiger partial charge in [0.05, 0.1) is 38.6 Å². The lowest BCUT2D eigenvalue weighted by atomic mass is 9.96. The van der Waals surface area contributed by atoms with Gasteiger partial charge in [-0.25, -0.2) is 0 Å². The van der Waals surface area contributed by atoms with Crippen molar-refractivity contribution in [1.29, 1.82) is 0 Å². The zero-order valence-corrected chi connectivity index (χ0v) is 70.3. The summed E-state index contributed by atoms with van der Waals surface area (Å²) in [5.41, 5.74) is 0. The third kappa shape index (κ3) is 49.5. The van der Waals surface area contributed by atoms with Crippen LogP contribution in [0.3, 0.4) is 0 Å². The molecule has 3 rings (SSSR count). The van der Waals surface area contributed by atoms with Gasteiger partial charge in [-0.1, -0.05) is 391 Å². The second-order valence-corrected chi connectivity index (χ2v) is 33.5. The summed E-state index contributed by atoms with van der Waals surface area (Å²) in [6.07, 6.45) is 63.0. The van der Waals surface area contributed by atoms with Crippen LogP contribution in [0.2, 0.25) is 0 Å². The molecule has 0 aromatic carbocycles. The van der Waals surface area contributed by atoms with Crippen LogP contribution < -0.4 is 5.32 Å². The predicted octanol–water partition coefficient (Wildman–Crippen LogP) is 18.0. The molecule has 3 saturated heterocycles. The molecule has 0 aliphatic carbocycles. The molecule has 12 N–H and O–H groups in total. The van der Waals surface area contributed by atoms with Crippen molar-refractivity contribution in [3.05, 3.63) is 24.3 Å². The number of rotatable bonds is 77. The van der Waals surface area contributed by atoms with Crippen LogP contribution in [0.4, 0.5) is 0 Å². The minimum atomic E-state index is -1.97. The van der Waals surface area contributed by atoms with E-state index in [1.807, 2.05) is 0 Å². The van der Waals surface area contributed by atoms with Gasteiger partial charge >= 0.3 is 0 Å². The Bertz CT molecular complexity index is 2070. The molecule has 110 heavy (non-hydrogen) atoms. The van der Waals surface area contributed by atoms with Crippen LogP contribution in [0.5, 0.6) is 0 Å². The second kappa shape index (κ2) is 71.4. The van der Waals surface area contributed by atoms with Crippen molar-refractivity contribution in [2.24, 2.45) is 0 Å². The lowest BCUT2D eigenvalue weighted by Crippen LogP contribution is -2.66. The molecule has 0 radical (unpaired) electrons. The summed E-state index contributed by atoms with van der Waals surface area (Å²) in [7, 11) is 0. The Morgan fingerprint density at radius 2 is 0.600 bits per heavy atom. The first-order valence-electron chi connectivity index (χ1n) is 46.6. The van der Waals surface area contributed by atoms with Gasteiger partial charge in [0.2, 0.25) is 5.91 Å². The van der Waals surface area contributed by atoms with E-state index in [0.29, 0.717) is 12.8 Å². The van der Waals surface area contributed by atoms with E-state index in [2.05, 4.69) is 43.5 Å². The maximum atomic E-state index is 13.6. The molecular weight excluding hydrogens is 1390 g/mol. The quantitative estimate of drug-likeness (QED) is 0.0199. The Kier molecular flexibility index (Phi) is 66.5. The Balaban J connectivity index is 1.29. The Morgan fingerprint density at radius 1 is 0.327 bits per heavy atom. The first-order chi connectivity index (χ1) is 53.8. The highest BCUT2D eigenvalue weighted by molar-refractivity contribution is 5.76. The van der Waals surface area contributed by atoms with Crippen LogP contribution in [0.15, 0.2) is 24.3 Å². The molecule has 17 unspecified atom stereocenters. The van der Waals surface area contributed by atoms with Crippen LogP contribution in [-0.2, 0) is 33.2 Å². The maximum absolute atomic E-state index is 13.6. The summed E-state index contributed by atoms with van der Waals surface area (Å²) < 4.78 is 34.6. The number of carbonyl (C=O) groups is 1. The monoisotopic (exact) mass is 1570 g/mol. The number of unbranched alkanes of at least 4 members (excludes halogenated alkanes) is 57. The first-order valence-corrected chi connectivity index (χ1v) is 46.6. The molecule has 0 bridgehead atoms. The smallest absolute Gasteiger partial charge is 0.220 e. The van der Waals surface area contributed by atoms with Crippen LogP contribution >= 0.6 is 0 Å². The highest BCUT2D eigenvalue weighted by Crippen LogP contribution is 2.34. The number of aliphatic hydroxyl groups excluding tert-OH is 11. The second-order valence-electron chi connectivity index (χ2n) is 33.5. The van der Waals surface area contributed by atoms with Gasteiger partial charge in [-0.15, -0.1) is 0 Å². The van der Waals surface area contributed by atoms with Crippen molar-refractivity contribution in [3.63, 3.8) is 0 Å². The molecule has 3 heterocycles. The minimum absolute atomic E-state index is 0.232. The van der Waals surface area contributed by atoms with E-state index in [0.717, 1.165) is 51.4 Å². The van der Waals surface area contributed by atoms with Crippen LogP contribution in [0.25, 0.3) is 0 Å². The summed E-state index contributed by atoms with van der Waals surface area (Å²) in [6.45, 7) is 1.87. The van der Waals surface area contributed by atoms with E-state index in [4.69, 9.17) is 28.4 Å². The van der Waals surface area contributed by atoms with Gasteiger partial charge in [0.1, 0.15) is 73.2 Å². The largest absolute Gasteiger partial charge is 0.394 e. The van der Waals surface area contributed by atoms with Gasteiger partial charge in [0, 0.05) is 6.42 Å². The lowest BCUT2D eigenvalue weighted by Gasteiger charge is -2.48. The summed E-state index contributed by atoms with van der Waals surface area (Å²) in [5.74, 6) is -0.232. The average molecular weight is 1570 g/mol. The third-order valence-corrected chi connectivity index (χ3v) is 23.5. The third-order valence-electron chi connectivity index (χ3n) is 23.5. The summed E-state index contributed by atoms with van der Waals surface area (Å²) >= 11 is 0. The molecule has 0 saturated carbocycles. The van der Waals surface area contributed by atoms with Gasteiger partial charge in [-0.2, -0.15) is 0 Å². The van der Waals surface area contributed by atoms with Gasteiger partial charge in [0.15, 0.2) is 18.9 Å². The predicted molar refractivity (Wildman–Crippen MR) is 443 cm³/mol. The number of hydrogen-bond donors (Lipinski definition) is 12. The summed E-state index contributed by atoms with van der Waals surface area (Å²) in [6, 6.07) is -0.886. The molecule has 1 amide bonds. The van der Waals surface area contributed by atoms with Crippen molar-refractivity contribution >= 4 is 5.91 Å². The van der Waals surface area contributed by atoms with Gasteiger partial charge < -0.3 is 89.9 Å². The van der Waals surface area contributed by atoms with Crippen LogP contribution in [0, 0.1) is 0 Å². The molecule has 0 spiro atoms. The summed E-state index contributed by atoms with van der Waals surface area (Å²) in [5, 5.41) is 121. The van der Waals surface area contributed by atoms with Crippen molar-refractivity contribution in [2.45, 2.75) is 523 Å². The van der Waals surface area contributed by atoms with Crippen molar-refractivity contribution < 1.29 is 89.4 Å². The van der Waals surface area contributed by atoms with E-state index in [9.17, 15) is 61.0 Å². The normalized spacial score (nSPS) is 25.2. The number of amides is 1. The van der Waals surface area contributed by atoms with E-state index < -0.39 is 124 Å². The lowest BCUT2D eigenvalue weighted by molar-refractivity contribution is -0.379. The van der Waals surface area contributed by atoms with Crippen LogP contribution in [0.1, 0.15) is 418 Å². The fourth-order valence-corrected chi connectivity index (χ4v) is 16.1. The fourth-order valence-electron chi connectivity index (χ4n) is 16.1. The molecule has 17 atom stereocenters. The molecule has 3 aliphatic heterocycles. The number of allylic oxidation sites excluding steroid dienone is 4. The standard InChI is InChI=1S/C91H173NO18/c1-3-5-7-9-11-13-15-17-19-21-23-25-27-29-31-32-33-34-35-36-37-38-39-40-41-42-43-45-47-49-51-53-55-57-59-61-63-65-67-69-79(97)92-74(75(96)68-66-64-62-60-58-56-54-52-50-48-46-44-30-28-26-24-22-20-18-16-14-12-10-8-6-4-2)73-105-89-85(103)82(100)87(77(71-94)107-89)110-91-86(104)83(101)88(78(72-95)108-91)109-90-84(102)81(99)80(98)76(70-93)106-90/h15,17,21,23,74-78,80-91,93-96,98-104H,3-14,16,18-20,22,24-73H2,1-2H3,(H,92,97)/b17-15-,23-21-.